The summed E-state index contributed by atoms with van der Waals surface area (Å²) in [6, 6.07) is 5.13. The highest BCUT2D eigenvalue weighted by atomic mass is 19.1. The van der Waals surface area contributed by atoms with E-state index in [-0.39, 0.29) is 29.0 Å². The van der Waals surface area contributed by atoms with Gasteiger partial charge in [0.2, 0.25) is 17.7 Å². The molecule has 1 amide bonds. The number of nitrogen functional groups attached to an aromatic ring is 1. The predicted molar refractivity (Wildman–Crippen MR) is 73.9 cm³/mol. The van der Waals surface area contributed by atoms with Crippen LogP contribution >= 0.6 is 0 Å². The van der Waals surface area contributed by atoms with Crippen molar-refractivity contribution in [2.24, 2.45) is 0 Å². The highest BCUT2D eigenvalue weighted by Gasteiger charge is 2.15. The first-order valence-electron chi connectivity index (χ1n) is 5.87. The van der Waals surface area contributed by atoms with Gasteiger partial charge >= 0.3 is 0 Å². The van der Waals surface area contributed by atoms with E-state index in [4.69, 9.17) is 15.2 Å². The smallest absolute Gasteiger partial charge is 0.261 e. The fraction of sp³-hybridized carbons (Fsp3) is 0.154. The van der Waals surface area contributed by atoms with Crippen LogP contribution in [0.1, 0.15) is 10.4 Å². The minimum Gasteiger partial charge on any atom is -0.481 e. The molecule has 0 bridgehead atoms. The van der Waals surface area contributed by atoms with Crippen LogP contribution in [0.2, 0.25) is 0 Å². The average molecular weight is 292 g/mol. The molecule has 0 aliphatic carbocycles. The molecular weight excluding hydrogens is 279 g/mol. The molecule has 1 aromatic heterocycles. The lowest BCUT2D eigenvalue weighted by atomic mass is 10.2. The van der Waals surface area contributed by atoms with Gasteiger partial charge in [-0.15, -0.1) is 0 Å². The summed E-state index contributed by atoms with van der Waals surface area (Å²) >= 11 is 0. The molecule has 0 aliphatic rings. The molecule has 0 spiro atoms. The van der Waals surface area contributed by atoms with Gasteiger partial charge in [-0.25, -0.2) is 4.39 Å². The first kappa shape index (κ1) is 14.5. The lowest BCUT2D eigenvalue weighted by Gasteiger charge is -2.08. The summed E-state index contributed by atoms with van der Waals surface area (Å²) in [5.74, 6) is -1.10. The van der Waals surface area contributed by atoms with E-state index in [0.717, 1.165) is 6.07 Å². The molecule has 3 N–H and O–H groups in total. The Morgan fingerprint density at radius 3 is 2.38 bits per heavy atom. The van der Waals surface area contributed by atoms with E-state index in [1.54, 1.807) is 0 Å². The molecule has 8 heteroatoms. The Morgan fingerprint density at radius 1 is 1.19 bits per heavy atom. The molecular formula is C13H13FN4O3. The van der Waals surface area contributed by atoms with Crippen LogP contribution in [0.3, 0.4) is 0 Å². The first-order valence-corrected chi connectivity index (χ1v) is 5.87. The summed E-state index contributed by atoms with van der Waals surface area (Å²) in [4.78, 5) is 19.9. The topological polar surface area (TPSA) is 99.4 Å². The standard InChI is InChI=1S/C13H13FN4O3/c1-20-10-6-11(21-2)17-13(16-10)18-12(19)8-5-7(15)3-4-9(8)14/h3-6H,15H2,1-2H3,(H,16,17,18,19). The Bertz CT molecular complexity index is 656. The number of rotatable bonds is 4. The van der Waals surface area contributed by atoms with Gasteiger partial charge in [0.1, 0.15) is 5.82 Å². The van der Waals surface area contributed by atoms with Crippen LogP contribution in [-0.4, -0.2) is 30.1 Å². The Kier molecular flexibility index (Phi) is 4.17. The highest BCUT2D eigenvalue weighted by molar-refractivity contribution is 6.04. The van der Waals surface area contributed by atoms with Gasteiger partial charge in [0.05, 0.1) is 25.8 Å². The molecule has 0 saturated carbocycles. The van der Waals surface area contributed by atoms with E-state index in [1.807, 2.05) is 0 Å². The van der Waals surface area contributed by atoms with Crippen molar-refractivity contribution in [3.63, 3.8) is 0 Å². The van der Waals surface area contributed by atoms with E-state index >= 15 is 0 Å². The third-order valence-electron chi connectivity index (χ3n) is 2.56. The van der Waals surface area contributed by atoms with Crippen LogP contribution < -0.4 is 20.5 Å². The number of hydrogen-bond donors (Lipinski definition) is 2. The maximum absolute atomic E-state index is 13.6. The zero-order valence-electron chi connectivity index (χ0n) is 11.4. The fourth-order valence-electron chi connectivity index (χ4n) is 1.55. The summed E-state index contributed by atoms with van der Waals surface area (Å²) in [5.41, 5.74) is 5.59. The molecule has 2 rings (SSSR count). The van der Waals surface area contributed by atoms with Gasteiger partial charge in [-0.3, -0.25) is 10.1 Å². The molecule has 110 valence electrons. The minimum absolute atomic E-state index is 0.0713. The number of amides is 1. The normalized spacial score (nSPS) is 10.0. The minimum atomic E-state index is -0.727. The Labute approximate surface area is 119 Å². The number of ether oxygens (including phenoxy) is 2. The van der Waals surface area contributed by atoms with Crippen LogP contribution in [0.15, 0.2) is 24.3 Å². The number of benzene rings is 1. The summed E-state index contributed by atoms with van der Waals surface area (Å²) < 4.78 is 23.5. The van der Waals surface area contributed by atoms with Crippen molar-refractivity contribution in [2.45, 2.75) is 0 Å². The SMILES string of the molecule is COc1cc(OC)nc(NC(=O)c2cc(N)ccc2F)n1. The lowest BCUT2D eigenvalue weighted by Crippen LogP contribution is -2.16. The van der Waals surface area contributed by atoms with Gasteiger partial charge in [0.15, 0.2) is 0 Å². The maximum atomic E-state index is 13.6. The molecule has 0 unspecified atom stereocenters. The second-order valence-corrected chi connectivity index (χ2v) is 3.97. The quantitative estimate of drug-likeness (QED) is 0.828. The average Bonchev–Trinajstić information content (AvgIpc) is 2.49. The van der Waals surface area contributed by atoms with Crippen molar-refractivity contribution in [3.05, 3.63) is 35.6 Å². The maximum Gasteiger partial charge on any atom is 0.261 e. The number of nitrogens with two attached hydrogens (primary N) is 1. The van der Waals surface area contributed by atoms with Crippen molar-refractivity contribution < 1.29 is 18.7 Å². The number of aromatic nitrogens is 2. The van der Waals surface area contributed by atoms with E-state index in [9.17, 15) is 9.18 Å². The number of carbonyl (C=O) groups excluding carboxylic acids is 1. The fourth-order valence-corrected chi connectivity index (χ4v) is 1.55. The molecule has 0 saturated heterocycles. The molecule has 2 aromatic rings. The van der Waals surface area contributed by atoms with E-state index in [1.165, 1.54) is 32.4 Å². The van der Waals surface area contributed by atoms with Crippen molar-refractivity contribution in [1.29, 1.82) is 0 Å². The van der Waals surface area contributed by atoms with Gasteiger partial charge in [-0.2, -0.15) is 9.97 Å². The number of methoxy groups -OCH3 is 2. The Morgan fingerprint density at radius 2 is 1.81 bits per heavy atom. The van der Waals surface area contributed by atoms with Gasteiger partial charge in [0.25, 0.3) is 5.91 Å². The second-order valence-electron chi connectivity index (χ2n) is 3.97. The van der Waals surface area contributed by atoms with Crippen LogP contribution in [0, 0.1) is 5.82 Å². The Balaban J connectivity index is 2.28. The van der Waals surface area contributed by atoms with Gasteiger partial charge in [-0.1, -0.05) is 0 Å². The number of hydrogen-bond acceptors (Lipinski definition) is 6. The molecule has 0 atom stereocenters. The number of carbonyl (C=O) groups is 1. The molecule has 21 heavy (non-hydrogen) atoms. The van der Waals surface area contributed by atoms with Crippen molar-refractivity contribution in [1.82, 2.24) is 9.97 Å². The zero-order chi connectivity index (χ0) is 15.4. The summed E-state index contributed by atoms with van der Waals surface area (Å²) in [6.07, 6.45) is 0. The number of halogens is 1. The van der Waals surface area contributed by atoms with E-state index in [2.05, 4.69) is 15.3 Å². The lowest BCUT2D eigenvalue weighted by molar-refractivity contribution is 0.102. The molecule has 1 aromatic carbocycles. The molecule has 1 heterocycles. The van der Waals surface area contributed by atoms with Crippen molar-refractivity contribution in [3.8, 4) is 11.8 Å². The molecule has 7 nitrogen and oxygen atoms in total. The number of anilines is 2. The third kappa shape index (κ3) is 3.35. The van der Waals surface area contributed by atoms with Crippen LogP contribution in [0.5, 0.6) is 11.8 Å². The predicted octanol–water partition coefficient (Wildman–Crippen LogP) is 1.47. The largest absolute Gasteiger partial charge is 0.481 e. The first-order chi connectivity index (χ1) is 10.0. The van der Waals surface area contributed by atoms with E-state index < -0.39 is 11.7 Å². The third-order valence-corrected chi connectivity index (χ3v) is 2.56. The zero-order valence-corrected chi connectivity index (χ0v) is 11.4. The summed E-state index contributed by atoms with van der Waals surface area (Å²) in [7, 11) is 2.82. The molecule has 0 fully saturated rings. The van der Waals surface area contributed by atoms with Crippen LogP contribution in [0.25, 0.3) is 0 Å². The monoisotopic (exact) mass is 292 g/mol. The Hall–Kier alpha value is -2.90. The molecule has 0 radical (unpaired) electrons. The van der Waals surface area contributed by atoms with E-state index in [0.29, 0.717) is 0 Å². The second kappa shape index (κ2) is 6.04. The highest BCUT2D eigenvalue weighted by Crippen LogP contribution is 2.19. The number of nitrogens with one attached hydrogen (secondary N) is 1. The van der Waals surface area contributed by atoms with Gasteiger partial charge in [-0.05, 0) is 18.2 Å². The van der Waals surface area contributed by atoms with Crippen molar-refractivity contribution in [2.75, 3.05) is 25.3 Å². The van der Waals surface area contributed by atoms with Gasteiger partial charge < -0.3 is 15.2 Å². The van der Waals surface area contributed by atoms with Crippen molar-refractivity contribution >= 4 is 17.5 Å². The summed E-state index contributed by atoms with van der Waals surface area (Å²) in [6.45, 7) is 0. The molecule has 0 aliphatic heterocycles. The van der Waals surface area contributed by atoms with Crippen LogP contribution in [-0.2, 0) is 0 Å². The number of nitrogens with zero attached hydrogens (tertiary/aromatic N) is 2. The van der Waals surface area contributed by atoms with Gasteiger partial charge in [0, 0.05) is 5.69 Å². The van der Waals surface area contributed by atoms with Crippen LogP contribution in [0.4, 0.5) is 16.0 Å². The summed E-state index contributed by atoms with van der Waals surface area (Å²) in [5, 5.41) is 2.36.